The van der Waals surface area contributed by atoms with E-state index in [2.05, 4.69) is 4.90 Å². The van der Waals surface area contributed by atoms with Gasteiger partial charge >= 0.3 is 11.9 Å². The van der Waals surface area contributed by atoms with Gasteiger partial charge in [-0.15, -0.1) is 0 Å². The fourth-order valence-corrected chi connectivity index (χ4v) is 5.72. The molecule has 28 heavy (non-hydrogen) atoms. The Bertz CT molecular complexity index is 897. The number of ether oxygens (including phenoxy) is 3. The van der Waals surface area contributed by atoms with E-state index < -0.39 is 22.7 Å². The third-order valence-corrected chi connectivity index (χ3v) is 6.96. The maximum atomic E-state index is 12.9. The molecule has 1 saturated heterocycles. The highest BCUT2D eigenvalue weighted by atomic mass is 32.2. The van der Waals surface area contributed by atoms with Crippen molar-refractivity contribution in [2.24, 2.45) is 5.41 Å². The van der Waals surface area contributed by atoms with Crippen molar-refractivity contribution in [1.82, 2.24) is 0 Å². The number of fused-ring (bicyclic) bond motifs is 3. The second kappa shape index (κ2) is 7.05. The van der Waals surface area contributed by atoms with Crippen molar-refractivity contribution in [3.8, 4) is 5.75 Å². The van der Waals surface area contributed by atoms with E-state index in [4.69, 9.17) is 14.2 Å². The van der Waals surface area contributed by atoms with Gasteiger partial charge in [0.25, 0.3) is 0 Å². The van der Waals surface area contributed by atoms with Crippen LogP contribution in [0.3, 0.4) is 0 Å². The van der Waals surface area contributed by atoms with Gasteiger partial charge in [-0.25, -0.2) is 0 Å². The van der Waals surface area contributed by atoms with Crippen molar-refractivity contribution in [2.45, 2.75) is 22.7 Å². The minimum Gasteiger partial charge on any atom is -0.497 e. The molecule has 1 fully saturated rings. The number of anilines is 1. The van der Waals surface area contributed by atoms with Gasteiger partial charge in [-0.1, -0.05) is 36.0 Å². The molecule has 0 saturated carbocycles. The number of thioether (sulfide) groups is 1. The number of methoxy groups -OCH3 is 3. The summed E-state index contributed by atoms with van der Waals surface area (Å²) in [4.78, 5) is 29.0. The van der Waals surface area contributed by atoms with Gasteiger partial charge in [0.2, 0.25) is 0 Å². The Hall–Kier alpha value is -2.67. The molecule has 6 nitrogen and oxygen atoms in total. The first kappa shape index (κ1) is 18.7. The topological polar surface area (TPSA) is 65.1 Å². The summed E-state index contributed by atoms with van der Waals surface area (Å²) in [5, 5.41) is -0.433. The summed E-state index contributed by atoms with van der Waals surface area (Å²) in [7, 11) is 4.24. The zero-order valence-electron chi connectivity index (χ0n) is 15.9. The largest absolute Gasteiger partial charge is 0.497 e. The average molecular weight is 399 g/mol. The summed E-state index contributed by atoms with van der Waals surface area (Å²) in [5.74, 6) is -0.377. The molecule has 0 radical (unpaired) electrons. The lowest BCUT2D eigenvalue weighted by atomic mass is 9.83. The summed E-state index contributed by atoms with van der Waals surface area (Å²) >= 11 is 1.51. The molecule has 2 aliphatic heterocycles. The molecule has 7 heteroatoms. The quantitative estimate of drug-likeness (QED) is 0.577. The number of benzene rings is 2. The number of rotatable bonds is 4. The van der Waals surface area contributed by atoms with E-state index in [1.165, 1.54) is 26.0 Å². The Labute approximate surface area is 167 Å². The smallest absolute Gasteiger partial charge is 0.326 e. The average Bonchev–Trinajstić information content (AvgIpc) is 3.29. The first-order valence-electron chi connectivity index (χ1n) is 8.91. The van der Waals surface area contributed by atoms with Crippen LogP contribution in [0.4, 0.5) is 5.69 Å². The number of hydrogen-bond donors (Lipinski definition) is 0. The minimum absolute atomic E-state index is 0.176. The SMILES string of the molecule is COC(=O)C1(C(=O)OC)C[C@@H](c2ccc(OC)cc2)N2c3ccccc3S[C@@H]21. The molecular formula is C21H21NO5S. The van der Waals surface area contributed by atoms with Gasteiger partial charge in [-0.2, -0.15) is 0 Å². The lowest BCUT2D eigenvalue weighted by Crippen LogP contribution is -2.48. The van der Waals surface area contributed by atoms with Gasteiger partial charge in [0.1, 0.15) is 11.1 Å². The molecule has 4 rings (SSSR count). The van der Waals surface area contributed by atoms with Crippen molar-refractivity contribution >= 4 is 29.4 Å². The molecule has 2 atom stereocenters. The number of hydrogen-bond acceptors (Lipinski definition) is 7. The van der Waals surface area contributed by atoms with Crippen LogP contribution in [-0.2, 0) is 19.1 Å². The normalized spacial score (nSPS) is 21.6. The number of nitrogens with zero attached hydrogens (tertiary/aromatic N) is 1. The van der Waals surface area contributed by atoms with Crippen LogP contribution in [0.2, 0.25) is 0 Å². The zero-order chi connectivity index (χ0) is 19.9. The summed E-state index contributed by atoms with van der Waals surface area (Å²) in [5.41, 5.74) is 0.600. The lowest BCUT2D eigenvalue weighted by Gasteiger charge is -2.30. The van der Waals surface area contributed by atoms with Gasteiger partial charge in [-0.3, -0.25) is 9.59 Å². The van der Waals surface area contributed by atoms with Crippen molar-refractivity contribution in [3.63, 3.8) is 0 Å². The van der Waals surface area contributed by atoms with Crippen LogP contribution in [0, 0.1) is 5.41 Å². The summed E-state index contributed by atoms with van der Waals surface area (Å²) in [6.07, 6.45) is 0.282. The van der Waals surface area contributed by atoms with E-state index in [-0.39, 0.29) is 12.5 Å². The van der Waals surface area contributed by atoms with E-state index in [1.807, 2.05) is 48.5 Å². The van der Waals surface area contributed by atoms with Gasteiger partial charge in [0.15, 0.2) is 5.41 Å². The molecule has 0 amide bonds. The molecule has 2 heterocycles. The van der Waals surface area contributed by atoms with Crippen LogP contribution in [0.1, 0.15) is 18.0 Å². The number of carbonyl (C=O) groups is 2. The van der Waals surface area contributed by atoms with Gasteiger partial charge in [0.05, 0.1) is 33.1 Å². The Balaban J connectivity index is 1.86. The first-order valence-corrected chi connectivity index (χ1v) is 9.79. The van der Waals surface area contributed by atoms with E-state index in [1.54, 1.807) is 7.11 Å². The third kappa shape index (κ3) is 2.57. The van der Waals surface area contributed by atoms with Gasteiger partial charge < -0.3 is 19.1 Å². The standard InChI is InChI=1S/C21H21NO5S/c1-25-14-10-8-13(9-11-14)16-12-21(19(23)26-2,20(24)27-3)18-22(16)15-6-4-5-7-17(15)28-18/h4-11,16,18H,12H2,1-3H3/t16-,18+/m0/s1. The maximum absolute atomic E-state index is 12.9. The second-order valence-corrected chi connectivity index (χ2v) is 7.91. The highest BCUT2D eigenvalue weighted by Crippen LogP contribution is 2.61. The third-order valence-electron chi connectivity index (χ3n) is 5.51. The second-order valence-electron chi connectivity index (χ2n) is 6.79. The predicted molar refractivity (Wildman–Crippen MR) is 105 cm³/mol. The fraction of sp³-hybridized carbons (Fsp3) is 0.333. The molecule has 2 aliphatic rings. The number of carbonyl (C=O) groups excluding carboxylic acids is 2. The van der Waals surface area contributed by atoms with Crippen molar-refractivity contribution in [1.29, 1.82) is 0 Å². The Morgan fingerprint density at radius 3 is 2.25 bits per heavy atom. The van der Waals surface area contributed by atoms with Crippen LogP contribution in [0.25, 0.3) is 0 Å². The van der Waals surface area contributed by atoms with Gasteiger partial charge in [0, 0.05) is 11.3 Å². The molecule has 0 N–H and O–H groups in total. The number of para-hydroxylation sites is 1. The number of esters is 2. The predicted octanol–water partition coefficient (Wildman–Crippen LogP) is 3.41. The molecule has 0 aliphatic carbocycles. The van der Waals surface area contributed by atoms with Gasteiger partial charge in [-0.05, 0) is 29.8 Å². The highest BCUT2D eigenvalue weighted by Gasteiger charge is 2.66. The molecule has 2 aromatic rings. The van der Waals surface area contributed by atoms with Crippen molar-refractivity contribution in [3.05, 3.63) is 54.1 Å². The van der Waals surface area contributed by atoms with E-state index >= 15 is 0 Å². The lowest BCUT2D eigenvalue weighted by molar-refractivity contribution is -0.168. The molecule has 0 unspecified atom stereocenters. The molecule has 146 valence electrons. The fourth-order valence-electron chi connectivity index (χ4n) is 4.17. The minimum atomic E-state index is -1.40. The summed E-state index contributed by atoms with van der Waals surface area (Å²) in [6, 6.07) is 15.5. The maximum Gasteiger partial charge on any atom is 0.326 e. The van der Waals surface area contributed by atoms with Crippen molar-refractivity contribution in [2.75, 3.05) is 26.2 Å². The summed E-state index contributed by atoms with van der Waals surface area (Å²) in [6.45, 7) is 0. The van der Waals surface area contributed by atoms with E-state index in [0.29, 0.717) is 0 Å². The highest BCUT2D eigenvalue weighted by molar-refractivity contribution is 8.00. The van der Waals surface area contributed by atoms with Crippen LogP contribution < -0.4 is 9.64 Å². The van der Waals surface area contributed by atoms with E-state index in [0.717, 1.165) is 21.9 Å². The molecule has 0 spiro atoms. The molecule has 2 aromatic carbocycles. The summed E-state index contributed by atoms with van der Waals surface area (Å²) < 4.78 is 15.4. The van der Waals surface area contributed by atoms with Crippen LogP contribution in [0.5, 0.6) is 5.75 Å². The molecule has 0 aromatic heterocycles. The first-order chi connectivity index (χ1) is 13.6. The van der Waals surface area contributed by atoms with Crippen LogP contribution >= 0.6 is 11.8 Å². The Kier molecular flexibility index (Phi) is 4.71. The van der Waals surface area contributed by atoms with Crippen molar-refractivity contribution < 1.29 is 23.8 Å². The molecule has 0 bridgehead atoms. The monoisotopic (exact) mass is 399 g/mol. The zero-order valence-corrected chi connectivity index (χ0v) is 16.7. The van der Waals surface area contributed by atoms with E-state index in [9.17, 15) is 9.59 Å². The Morgan fingerprint density at radius 2 is 1.64 bits per heavy atom. The van der Waals surface area contributed by atoms with Crippen LogP contribution in [0.15, 0.2) is 53.4 Å². The Morgan fingerprint density at radius 1 is 1.00 bits per heavy atom. The molecular weight excluding hydrogens is 378 g/mol. The van der Waals surface area contributed by atoms with Crippen LogP contribution in [-0.4, -0.2) is 38.6 Å².